The first kappa shape index (κ1) is 21.5. The molecule has 2 bridgehead atoms. The van der Waals surface area contributed by atoms with Crippen LogP contribution in [0.5, 0.6) is 0 Å². The van der Waals surface area contributed by atoms with Crippen LogP contribution in [0.15, 0.2) is 17.1 Å². The zero-order valence-corrected chi connectivity index (χ0v) is 18.8. The third-order valence-corrected chi connectivity index (χ3v) is 6.57. The first-order valence-electron chi connectivity index (χ1n) is 9.07. The van der Waals surface area contributed by atoms with E-state index in [1.165, 1.54) is 4.90 Å². The van der Waals surface area contributed by atoms with Crippen molar-refractivity contribution in [2.75, 3.05) is 32.9 Å². The van der Waals surface area contributed by atoms with Gasteiger partial charge in [-0.05, 0) is 30.9 Å². The van der Waals surface area contributed by atoms with Crippen molar-refractivity contribution in [2.24, 2.45) is 28.7 Å². The summed E-state index contributed by atoms with van der Waals surface area (Å²) < 4.78 is 0. The molecule has 3 aliphatic rings. The Kier molecular flexibility index (Phi) is 7.81. The van der Waals surface area contributed by atoms with Gasteiger partial charge in [-0.25, -0.2) is 0 Å². The number of guanidine groups is 1. The topological polar surface area (TPSA) is 73.8 Å². The maximum Gasteiger partial charge on any atom is 0.233 e. The summed E-state index contributed by atoms with van der Waals surface area (Å²) >= 11 is 1.80. The number of carbonyl (C=O) groups is 2. The lowest BCUT2D eigenvalue weighted by molar-refractivity contribution is -0.140. The van der Waals surface area contributed by atoms with Crippen molar-refractivity contribution in [1.82, 2.24) is 15.5 Å². The molecule has 5 atom stereocenters. The van der Waals surface area contributed by atoms with Gasteiger partial charge in [0.25, 0.3) is 0 Å². The van der Waals surface area contributed by atoms with Crippen molar-refractivity contribution in [3.8, 4) is 0 Å². The summed E-state index contributed by atoms with van der Waals surface area (Å²) in [5.74, 6) is 1.26. The number of carbonyl (C=O) groups excluding carboxylic acids is 2. The molecule has 1 saturated heterocycles. The van der Waals surface area contributed by atoms with Gasteiger partial charge in [0.15, 0.2) is 5.96 Å². The molecule has 2 aliphatic carbocycles. The molecule has 5 unspecified atom stereocenters. The maximum absolute atomic E-state index is 12.6. The van der Waals surface area contributed by atoms with Crippen LogP contribution in [0.25, 0.3) is 0 Å². The van der Waals surface area contributed by atoms with E-state index in [9.17, 15) is 9.59 Å². The van der Waals surface area contributed by atoms with Crippen LogP contribution in [0.1, 0.15) is 19.8 Å². The first-order valence-corrected chi connectivity index (χ1v) is 10.4. The van der Waals surface area contributed by atoms with Gasteiger partial charge in [0.2, 0.25) is 11.8 Å². The molecule has 8 heteroatoms. The molecule has 1 saturated carbocycles. The molecule has 2 N–H and O–H groups in total. The highest BCUT2D eigenvalue weighted by Gasteiger charge is 2.58. The monoisotopic (exact) mass is 492 g/mol. The Morgan fingerprint density at radius 1 is 1.27 bits per heavy atom. The molecular weight excluding hydrogens is 463 g/mol. The minimum atomic E-state index is -0.0853. The number of hydrogen-bond donors (Lipinski definition) is 2. The van der Waals surface area contributed by atoms with Crippen molar-refractivity contribution in [1.29, 1.82) is 0 Å². The molecule has 0 spiro atoms. The Morgan fingerprint density at radius 3 is 2.42 bits per heavy atom. The first-order chi connectivity index (χ1) is 12.1. The Hall–Kier alpha value is -0.770. The van der Waals surface area contributed by atoms with Crippen LogP contribution in [0.3, 0.4) is 0 Å². The third-order valence-electron chi connectivity index (χ3n) is 5.60. The minimum absolute atomic E-state index is 0. The lowest BCUT2D eigenvalue weighted by Gasteiger charge is -2.18. The molecule has 1 heterocycles. The molecule has 3 rings (SSSR count). The number of nitrogens with one attached hydrogen (secondary N) is 2. The van der Waals surface area contributed by atoms with Crippen molar-refractivity contribution < 1.29 is 9.59 Å². The minimum Gasteiger partial charge on any atom is -0.356 e. The Labute approximate surface area is 177 Å². The van der Waals surface area contributed by atoms with Crippen LogP contribution in [-0.2, 0) is 9.59 Å². The van der Waals surface area contributed by atoms with Crippen LogP contribution in [0.2, 0.25) is 0 Å². The number of amides is 2. The van der Waals surface area contributed by atoms with Gasteiger partial charge in [-0.1, -0.05) is 19.1 Å². The lowest BCUT2D eigenvalue weighted by Crippen LogP contribution is -2.41. The standard InChI is InChI=1S/C18H28N4O2S.HI/c1-11(25-3)10-21-18(19-2)20-7-4-8-22-16(23)14-12-5-6-13(9-12)15(14)17(22)24;/h5-6,11-15H,4,7-10H2,1-3H3,(H2,19,20,21);1H. The molecule has 26 heavy (non-hydrogen) atoms. The summed E-state index contributed by atoms with van der Waals surface area (Å²) in [6.45, 7) is 4.19. The normalized spacial score (nSPS) is 30.4. The van der Waals surface area contributed by atoms with Crippen LogP contribution in [0.4, 0.5) is 0 Å². The van der Waals surface area contributed by atoms with Crippen molar-refractivity contribution in [3.05, 3.63) is 12.2 Å². The maximum atomic E-state index is 12.6. The molecule has 2 amide bonds. The van der Waals surface area contributed by atoms with E-state index in [1.54, 1.807) is 18.8 Å². The SMILES string of the molecule is CN=C(NCCCN1C(=O)C2C3C=CC(C3)C2C1=O)NCC(C)SC.I. The van der Waals surface area contributed by atoms with Crippen LogP contribution in [-0.4, -0.2) is 60.9 Å². The van der Waals surface area contributed by atoms with Gasteiger partial charge in [0.05, 0.1) is 11.8 Å². The summed E-state index contributed by atoms with van der Waals surface area (Å²) in [6, 6.07) is 0. The van der Waals surface area contributed by atoms with Crippen molar-refractivity contribution >= 4 is 53.5 Å². The van der Waals surface area contributed by atoms with E-state index in [0.29, 0.717) is 18.3 Å². The van der Waals surface area contributed by atoms with Crippen molar-refractivity contribution in [2.45, 2.75) is 25.0 Å². The highest BCUT2D eigenvalue weighted by Crippen LogP contribution is 2.52. The zero-order valence-electron chi connectivity index (χ0n) is 15.6. The third kappa shape index (κ3) is 4.21. The van der Waals surface area contributed by atoms with E-state index in [0.717, 1.165) is 25.3 Å². The number of hydrogen-bond acceptors (Lipinski definition) is 4. The van der Waals surface area contributed by atoms with Crippen LogP contribution < -0.4 is 10.6 Å². The van der Waals surface area contributed by atoms with Gasteiger partial charge < -0.3 is 10.6 Å². The van der Waals surface area contributed by atoms with Gasteiger partial charge >= 0.3 is 0 Å². The van der Waals surface area contributed by atoms with E-state index >= 15 is 0 Å². The number of nitrogens with zero attached hydrogens (tertiary/aromatic N) is 2. The van der Waals surface area contributed by atoms with E-state index in [1.807, 2.05) is 0 Å². The number of thioether (sulfide) groups is 1. The number of halogens is 1. The van der Waals surface area contributed by atoms with E-state index in [2.05, 4.69) is 41.0 Å². The second kappa shape index (κ2) is 9.43. The van der Waals surface area contributed by atoms with E-state index in [4.69, 9.17) is 0 Å². The number of imide groups is 1. The summed E-state index contributed by atoms with van der Waals surface area (Å²) in [4.78, 5) is 30.9. The molecular formula is C18H29IN4O2S. The van der Waals surface area contributed by atoms with Crippen LogP contribution in [0, 0.1) is 23.7 Å². The summed E-state index contributed by atoms with van der Waals surface area (Å²) in [6.07, 6.45) is 8.07. The molecule has 146 valence electrons. The average molecular weight is 492 g/mol. The van der Waals surface area contributed by atoms with Crippen LogP contribution >= 0.6 is 35.7 Å². The molecule has 0 aromatic rings. The number of likely N-dealkylation sites (tertiary alicyclic amines) is 1. The molecule has 2 fully saturated rings. The largest absolute Gasteiger partial charge is 0.356 e. The highest BCUT2D eigenvalue weighted by molar-refractivity contribution is 14.0. The summed E-state index contributed by atoms with van der Waals surface area (Å²) in [7, 11) is 1.75. The fraction of sp³-hybridized carbons (Fsp3) is 0.722. The van der Waals surface area contributed by atoms with Gasteiger partial charge in [0, 0.05) is 31.9 Å². The smallest absolute Gasteiger partial charge is 0.233 e. The summed E-state index contributed by atoms with van der Waals surface area (Å²) in [5, 5.41) is 7.05. The van der Waals surface area contributed by atoms with Gasteiger partial charge in [-0.15, -0.1) is 24.0 Å². The number of allylic oxidation sites excluding steroid dienone is 2. The average Bonchev–Trinajstić information content (AvgIpc) is 3.29. The summed E-state index contributed by atoms with van der Waals surface area (Å²) in [5.41, 5.74) is 0. The van der Waals surface area contributed by atoms with Gasteiger partial charge in [-0.2, -0.15) is 11.8 Å². The van der Waals surface area contributed by atoms with Gasteiger partial charge in [-0.3, -0.25) is 19.5 Å². The van der Waals surface area contributed by atoms with Crippen molar-refractivity contribution in [3.63, 3.8) is 0 Å². The predicted octanol–water partition coefficient (Wildman–Crippen LogP) is 1.72. The van der Waals surface area contributed by atoms with E-state index in [-0.39, 0.29) is 59.5 Å². The zero-order chi connectivity index (χ0) is 18.0. The second-order valence-corrected chi connectivity index (χ2v) is 8.38. The Balaban J connectivity index is 0.00000243. The fourth-order valence-corrected chi connectivity index (χ4v) is 4.42. The molecule has 6 nitrogen and oxygen atoms in total. The molecule has 1 aliphatic heterocycles. The fourth-order valence-electron chi connectivity index (χ4n) is 4.17. The number of fused-ring (bicyclic) bond motifs is 5. The highest BCUT2D eigenvalue weighted by atomic mass is 127. The Morgan fingerprint density at radius 2 is 1.88 bits per heavy atom. The molecule has 0 radical (unpaired) electrons. The number of rotatable bonds is 7. The lowest BCUT2D eigenvalue weighted by atomic mass is 9.85. The second-order valence-electron chi connectivity index (χ2n) is 7.11. The predicted molar refractivity (Wildman–Crippen MR) is 117 cm³/mol. The molecule has 0 aromatic carbocycles. The quantitative estimate of drug-likeness (QED) is 0.141. The number of aliphatic imine (C=N–C) groups is 1. The Bertz CT molecular complexity index is 568. The molecule has 0 aromatic heterocycles. The van der Waals surface area contributed by atoms with Gasteiger partial charge in [0.1, 0.15) is 0 Å². The van der Waals surface area contributed by atoms with E-state index < -0.39 is 0 Å².